The number of anilines is 1. The van der Waals surface area contributed by atoms with Gasteiger partial charge in [0, 0.05) is 47.4 Å². The lowest BCUT2D eigenvalue weighted by Gasteiger charge is -2.29. The standard InChI is InChI=1S/C41H50N2O8S2/c1-30-22-23-32(52(46,47)48)28-34(30)40(2,3)37(42-26-15-18-31-16-10-7-6-8-11-17-31)19-14-20-38-41(4,5)35-29-33(53(49,50)51)24-25-36(35)43(38)27-13-9-12-21-39(44)45/h6-8,10-11,14,16-17,19-20,22-25,28-29H,9,12-13,15,18,21,26-27H2,1-5H3,(H,44,45)(H,46,47,48)(H,49,50,51)/b7-6-,8-6?,10-7?,11-8-,16-10?,17-11?,19-14+,31-16?,31-17?,38-20+,42-37?. The maximum absolute atomic E-state index is 12.1. The minimum Gasteiger partial charge on any atom is -0.481 e. The van der Waals surface area contributed by atoms with Gasteiger partial charge < -0.3 is 10.0 Å². The maximum Gasteiger partial charge on any atom is 0.303 e. The van der Waals surface area contributed by atoms with Crippen molar-refractivity contribution in [3.05, 3.63) is 125 Å². The molecule has 10 nitrogen and oxygen atoms in total. The number of carbonyl (C=O) groups is 1. The van der Waals surface area contributed by atoms with Gasteiger partial charge in [0.1, 0.15) is 0 Å². The van der Waals surface area contributed by atoms with Crippen LogP contribution in [0, 0.1) is 6.92 Å². The van der Waals surface area contributed by atoms with Gasteiger partial charge in [-0.15, -0.1) is 0 Å². The number of carboxylic acid groups (broad SMARTS) is 1. The molecule has 3 N–H and O–H groups in total. The topological polar surface area (TPSA) is 162 Å². The highest BCUT2D eigenvalue weighted by Crippen LogP contribution is 2.48. The van der Waals surface area contributed by atoms with E-state index in [1.54, 1.807) is 12.1 Å². The first-order valence-electron chi connectivity index (χ1n) is 17.7. The Morgan fingerprint density at radius 3 is 2.25 bits per heavy atom. The molecule has 0 aromatic heterocycles. The number of carboxylic acids is 1. The van der Waals surface area contributed by atoms with Gasteiger partial charge in [0.2, 0.25) is 0 Å². The van der Waals surface area contributed by atoms with Crippen LogP contribution in [-0.2, 0) is 35.9 Å². The SMILES string of the molecule is Cc1ccc(S(=O)(=O)O)cc1C(C)(C)C(/C=C/C=C1/N(CCCCCC(=O)O)c2ccc(S(=O)(=O)O)cc2C1(C)C)=NCCCC1=C/C=C\C=C/C=C1. The van der Waals surface area contributed by atoms with Crippen LogP contribution in [0.3, 0.4) is 0 Å². The summed E-state index contributed by atoms with van der Waals surface area (Å²) in [5.41, 5.74) is 4.35. The minimum absolute atomic E-state index is 0.0818. The van der Waals surface area contributed by atoms with E-state index in [1.807, 2.05) is 83.2 Å². The van der Waals surface area contributed by atoms with Gasteiger partial charge in [-0.25, -0.2) is 0 Å². The molecule has 2 aromatic rings. The number of hydrogen-bond acceptors (Lipinski definition) is 7. The third-order valence-corrected chi connectivity index (χ3v) is 11.4. The van der Waals surface area contributed by atoms with Gasteiger partial charge in [0.15, 0.2) is 0 Å². The zero-order valence-electron chi connectivity index (χ0n) is 31.0. The van der Waals surface area contributed by atoms with Gasteiger partial charge in [0.05, 0.1) is 9.79 Å². The Kier molecular flexibility index (Phi) is 13.4. The molecule has 2 aromatic carbocycles. The molecule has 0 unspecified atom stereocenters. The zero-order chi connectivity index (χ0) is 39.0. The van der Waals surface area contributed by atoms with Crippen LogP contribution in [-0.4, -0.2) is 55.8 Å². The minimum atomic E-state index is -4.45. The third-order valence-electron chi connectivity index (χ3n) is 9.73. The second-order valence-corrected chi connectivity index (χ2v) is 17.2. The van der Waals surface area contributed by atoms with E-state index in [2.05, 4.69) is 17.1 Å². The average Bonchev–Trinajstić information content (AvgIpc) is 3.26. The number of fused-ring (bicyclic) bond motifs is 1. The molecule has 0 spiro atoms. The van der Waals surface area contributed by atoms with Gasteiger partial charge in [-0.3, -0.25) is 18.9 Å². The Balaban J connectivity index is 1.74. The quantitative estimate of drug-likeness (QED) is 0.0865. The second kappa shape index (κ2) is 17.2. The molecule has 0 fully saturated rings. The molecule has 0 radical (unpaired) electrons. The number of aliphatic imine (C=N–C) groups is 1. The lowest BCUT2D eigenvalue weighted by atomic mass is 9.77. The summed E-state index contributed by atoms with van der Waals surface area (Å²) < 4.78 is 68.1. The van der Waals surface area contributed by atoms with Crippen molar-refractivity contribution < 1.29 is 35.8 Å². The Morgan fingerprint density at radius 1 is 0.887 bits per heavy atom. The summed E-state index contributed by atoms with van der Waals surface area (Å²) in [6.45, 7) is 10.8. The van der Waals surface area contributed by atoms with Gasteiger partial charge in [-0.2, -0.15) is 16.8 Å². The molecule has 1 heterocycles. The third kappa shape index (κ3) is 10.6. The number of unbranched alkanes of at least 4 members (excludes halogenated alkanes) is 2. The van der Waals surface area contributed by atoms with Crippen LogP contribution >= 0.6 is 0 Å². The van der Waals surface area contributed by atoms with E-state index in [1.165, 1.54) is 29.8 Å². The van der Waals surface area contributed by atoms with Crippen molar-refractivity contribution in [2.24, 2.45) is 4.99 Å². The van der Waals surface area contributed by atoms with Crippen LogP contribution in [0.1, 0.15) is 82.9 Å². The molecule has 4 rings (SSSR count). The monoisotopic (exact) mass is 762 g/mol. The fourth-order valence-electron chi connectivity index (χ4n) is 6.80. The normalized spacial score (nSPS) is 18.2. The molecule has 12 heteroatoms. The molecule has 1 aliphatic heterocycles. The summed E-state index contributed by atoms with van der Waals surface area (Å²) in [6, 6.07) is 9.12. The maximum atomic E-state index is 12.1. The molecule has 53 heavy (non-hydrogen) atoms. The smallest absolute Gasteiger partial charge is 0.303 e. The molecular weight excluding hydrogens is 713 g/mol. The predicted octanol–water partition coefficient (Wildman–Crippen LogP) is 8.48. The first-order valence-corrected chi connectivity index (χ1v) is 20.6. The van der Waals surface area contributed by atoms with E-state index in [9.17, 15) is 30.7 Å². The van der Waals surface area contributed by atoms with Crippen LogP contribution in [0.15, 0.2) is 123 Å². The fourth-order valence-corrected chi connectivity index (χ4v) is 7.81. The molecule has 0 amide bonds. The van der Waals surface area contributed by atoms with Crippen molar-refractivity contribution in [1.29, 1.82) is 0 Å². The number of nitrogens with zero attached hydrogens (tertiary/aromatic N) is 2. The van der Waals surface area contributed by atoms with E-state index >= 15 is 0 Å². The molecule has 0 saturated carbocycles. The van der Waals surface area contributed by atoms with Gasteiger partial charge in [-0.05, 0) is 97.4 Å². The number of allylic oxidation sites excluding steroid dienone is 12. The molecule has 0 saturated heterocycles. The number of aliphatic carboxylic acids is 1. The molecule has 284 valence electrons. The van der Waals surface area contributed by atoms with E-state index < -0.39 is 37.0 Å². The number of aryl methyl sites for hydroxylation is 1. The van der Waals surface area contributed by atoms with Crippen molar-refractivity contribution in [3.8, 4) is 0 Å². The van der Waals surface area contributed by atoms with E-state index in [-0.39, 0.29) is 16.2 Å². The highest BCUT2D eigenvalue weighted by atomic mass is 32.2. The van der Waals surface area contributed by atoms with E-state index in [0.717, 1.165) is 35.4 Å². The molecule has 0 bridgehead atoms. The average molecular weight is 763 g/mol. The second-order valence-electron chi connectivity index (χ2n) is 14.4. The summed E-state index contributed by atoms with van der Waals surface area (Å²) in [6.07, 6.45) is 23.4. The highest BCUT2D eigenvalue weighted by molar-refractivity contribution is 7.86. The highest BCUT2D eigenvalue weighted by Gasteiger charge is 2.40. The van der Waals surface area contributed by atoms with Crippen LogP contribution in [0.25, 0.3) is 0 Å². The van der Waals surface area contributed by atoms with Crippen molar-refractivity contribution in [3.63, 3.8) is 0 Å². The lowest BCUT2D eigenvalue weighted by Crippen LogP contribution is -2.29. The number of rotatable bonds is 16. The summed E-state index contributed by atoms with van der Waals surface area (Å²) in [5.74, 6) is -0.843. The summed E-state index contributed by atoms with van der Waals surface area (Å²) in [5, 5.41) is 9.09. The van der Waals surface area contributed by atoms with Gasteiger partial charge in [-0.1, -0.05) is 88.8 Å². The van der Waals surface area contributed by atoms with Crippen molar-refractivity contribution >= 4 is 37.6 Å². The Morgan fingerprint density at radius 2 is 1.55 bits per heavy atom. The zero-order valence-corrected chi connectivity index (χ0v) is 32.6. The van der Waals surface area contributed by atoms with Crippen molar-refractivity contribution in [2.75, 3.05) is 18.0 Å². The first kappa shape index (κ1) is 41.4. The van der Waals surface area contributed by atoms with Crippen LogP contribution in [0.2, 0.25) is 0 Å². The number of benzene rings is 2. The lowest BCUT2D eigenvalue weighted by molar-refractivity contribution is -0.137. The first-order chi connectivity index (χ1) is 24.8. The predicted molar refractivity (Wildman–Crippen MR) is 211 cm³/mol. The Bertz CT molecular complexity index is 2130. The van der Waals surface area contributed by atoms with Gasteiger partial charge >= 0.3 is 5.97 Å². The van der Waals surface area contributed by atoms with Crippen LogP contribution in [0.4, 0.5) is 5.69 Å². The summed E-state index contributed by atoms with van der Waals surface area (Å²) >= 11 is 0. The molecular formula is C41H50N2O8S2. The summed E-state index contributed by atoms with van der Waals surface area (Å²) in [7, 11) is -8.89. The Labute approximate surface area is 314 Å². The molecule has 1 aliphatic carbocycles. The largest absolute Gasteiger partial charge is 0.481 e. The molecule has 2 aliphatic rings. The van der Waals surface area contributed by atoms with Crippen LogP contribution < -0.4 is 4.90 Å². The fraction of sp³-hybridized carbons (Fsp3) is 0.366. The number of hydrogen-bond donors (Lipinski definition) is 3. The van der Waals surface area contributed by atoms with Gasteiger partial charge in [0.25, 0.3) is 20.2 Å². The summed E-state index contributed by atoms with van der Waals surface area (Å²) in [4.78, 5) is 17.8. The Hall–Kier alpha value is -4.36. The van der Waals surface area contributed by atoms with Crippen molar-refractivity contribution in [2.45, 2.75) is 93.8 Å². The van der Waals surface area contributed by atoms with E-state index in [0.29, 0.717) is 43.6 Å². The van der Waals surface area contributed by atoms with E-state index in [4.69, 9.17) is 10.1 Å². The van der Waals surface area contributed by atoms with Crippen LogP contribution in [0.5, 0.6) is 0 Å². The molecule has 0 atom stereocenters. The van der Waals surface area contributed by atoms with Crippen molar-refractivity contribution in [1.82, 2.24) is 0 Å².